The van der Waals surface area contributed by atoms with E-state index in [9.17, 15) is 13.2 Å². The molecule has 0 aliphatic carbocycles. The van der Waals surface area contributed by atoms with Crippen LogP contribution < -0.4 is 4.90 Å². The van der Waals surface area contributed by atoms with E-state index in [1.165, 1.54) is 21.3 Å². The third-order valence-corrected chi connectivity index (χ3v) is 7.21. The number of halogens is 1. The summed E-state index contributed by atoms with van der Waals surface area (Å²) in [4.78, 5) is 14.3. The number of hydrogen-bond donors (Lipinski definition) is 0. The first kappa shape index (κ1) is 19.9. The number of carbonyl (C=O) groups excluding carboxylic acids is 1. The summed E-state index contributed by atoms with van der Waals surface area (Å²) in [5, 5.41) is 0.132. The first-order valence-corrected chi connectivity index (χ1v) is 10.8. The normalized spacial score (nSPS) is 18.3. The van der Waals surface area contributed by atoms with Crippen molar-refractivity contribution in [3.8, 4) is 0 Å². The Morgan fingerprint density at radius 3 is 2.56 bits per heavy atom. The minimum absolute atomic E-state index is 0.00872. The number of para-hydroxylation sites is 1. The Hall–Kier alpha value is -1.89. The molecule has 0 saturated carbocycles. The fourth-order valence-electron chi connectivity index (χ4n) is 3.30. The van der Waals surface area contributed by atoms with Crippen molar-refractivity contribution in [1.29, 1.82) is 0 Å². The van der Waals surface area contributed by atoms with Crippen LogP contribution in [0.2, 0.25) is 5.02 Å². The van der Waals surface area contributed by atoms with E-state index in [2.05, 4.69) is 0 Å². The third kappa shape index (κ3) is 4.18. The van der Waals surface area contributed by atoms with E-state index >= 15 is 0 Å². The lowest BCUT2D eigenvalue weighted by Crippen LogP contribution is -2.39. The maximum atomic E-state index is 13.1. The number of benzene rings is 2. The van der Waals surface area contributed by atoms with E-state index in [0.717, 1.165) is 18.5 Å². The molecule has 1 amide bonds. The Labute approximate surface area is 165 Å². The predicted molar refractivity (Wildman–Crippen MR) is 108 cm³/mol. The van der Waals surface area contributed by atoms with Gasteiger partial charge in [-0.15, -0.1) is 0 Å². The maximum absolute atomic E-state index is 13.1. The monoisotopic (exact) mass is 406 g/mol. The molecule has 1 saturated heterocycles. The summed E-state index contributed by atoms with van der Waals surface area (Å²) in [7, 11) is -2.08. The molecular formula is C20H23ClN2O3S. The molecule has 5 nitrogen and oxygen atoms in total. The van der Waals surface area contributed by atoms with Gasteiger partial charge < -0.3 is 4.90 Å². The molecule has 0 bridgehead atoms. The zero-order chi connectivity index (χ0) is 19.6. The molecule has 1 aliphatic rings. The molecule has 1 aliphatic heterocycles. The quantitative estimate of drug-likeness (QED) is 0.769. The van der Waals surface area contributed by atoms with Crippen LogP contribution in [0.4, 0.5) is 5.69 Å². The van der Waals surface area contributed by atoms with Crippen molar-refractivity contribution in [2.24, 2.45) is 5.92 Å². The number of anilines is 1. The van der Waals surface area contributed by atoms with Crippen LogP contribution in [0.3, 0.4) is 0 Å². The summed E-state index contributed by atoms with van der Waals surface area (Å²) < 4.78 is 27.6. The number of nitrogens with zero attached hydrogens (tertiary/aromatic N) is 2. The average molecular weight is 407 g/mol. The van der Waals surface area contributed by atoms with Crippen LogP contribution in [-0.2, 0) is 10.0 Å². The van der Waals surface area contributed by atoms with Crippen molar-refractivity contribution in [3.63, 3.8) is 0 Å². The topological polar surface area (TPSA) is 57.7 Å². The average Bonchev–Trinajstić information content (AvgIpc) is 2.67. The Kier molecular flexibility index (Phi) is 5.89. The van der Waals surface area contributed by atoms with Crippen molar-refractivity contribution >= 4 is 33.2 Å². The molecule has 2 aromatic carbocycles. The van der Waals surface area contributed by atoms with Crippen LogP contribution in [0.5, 0.6) is 0 Å². The molecule has 1 unspecified atom stereocenters. The number of hydrogen-bond acceptors (Lipinski definition) is 3. The molecule has 144 valence electrons. The van der Waals surface area contributed by atoms with Gasteiger partial charge in [0, 0.05) is 31.4 Å². The van der Waals surface area contributed by atoms with Crippen molar-refractivity contribution in [2.45, 2.75) is 24.7 Å². The summed E-state index contributed by atoms with van der Waals surface area (Å²) in [6, 6.07) is 13.6. The smallest absolute Gasteiger partial charge is 0.258 e. The first-order chi connectivity index (χ1) is 12.8. The lowest BCUT2D eigenvalue weighted by atomic mass is 10.0. The van der Waals surface area contributed by atoms with Crippen LogP contribution in [-0.4, -0.2) is 38.8 Å². The van der Waals surface area contributed by atoms with Crippen LogP contribution in [0, 0.1) is 5.92 Å². The van der Waals surface area contributed by atoms with Crippen LogP contribution >= 0.6 is 11.6 Å². The van der Waals surface area contributed by atoms with Crippen LogP contribution in [0.1, 0.15) is 30.1 Å². The fraction of sp³-hybridized carbons (Fsp3) is 0.350. The van der Waals surface area contributed by atoms with Gasteiger partial charge >= 0.3 is 0 Å². The standard InChI is InChI=1S/C20H23ClN2O3S/c1-15-7-6-12-23(14-15)27(25,26)19-13-16(10-11-18(19)21)20(24)22(2)17-8-4-3-5-9-17/h3-5,8-11,13,15H,6-7,12,14H2,1-2H3. The Balaban J connectivity index is 1.93. The van der Waals surface area contributed by atoms with Gasteiger partial charge in [-0.1, -0.05) is 36.7 Å². The highest BCUT2D eigenvalue weighted by molar-refractivity contribution is 7.89. The third-order valence-electron chi connectivity index (χ3n) is 4.86. The number of rotatable bonds is 4. The van der Waals surface area contributed by atoms with E-state index in [-0.39, 0.29) is 21.4 Å². The molecular weight excluding hydrogens is 384 g/mol. The summed E-state index contributed by atoms with van der Waals surface area (Å²) in [6.45, 7) is 2.99. The SMILES string of the molecule is CC1CCCN(S(=O)(=O)c2cc(C(=O)N(C)c3ccccc3)ccc2Cl)C1. The lowest BCUT2D eigenvalue weighted by Gasteiger charge is -2.30. The summed E-state index contributed by atoms with van der Waals surface area (Å²) >= 11 is 6.21. The molecule has 1 atom stereocenters. The molecule has 1 heterocycles. The van der Waals surface area contributed by atoms with E-state index < -0.39 is 10.0 Å². The van der Waals surface area contributed by atoms with Crippen molar-refractivity contribution in [3.05, 3.63) is 59.1 Å². The highest BCUT2D eigenvalue weighted by atomic mass is 35.5. The van der Waals surface area contributed by atoms with E-state index in [4.69, 9.17) is 11.6 Å². The zero-order valence-corrected chi connectivity index (χ0v) is 17.0. The number of amides is 1. The molecule has 0 radical (unpaired) electrons. The van der Waals surface area contributed by atoms with Crippen LogP contribution in [0.15, 0.2) is 53.4 Å². The lowest BCUT2D eigenvalue weighted by molar-refractivity contribution is 0.0993. The second-order valence-electron chi connectivity index (χ2n) is 6.96. The highest BCUT2D eigenvalue weighted by Gasteiger charge is 2.31. The van der Waals surface area contributed by atoms with Gasteiger partial charge in [-0.3, -0.25) is 4.79 Å². The van der Waals surface area contributed by atoms with Gasteiger partial charge in [-0.25, -0.2) is 8.42 Å². The second-order valence-corrected chi connectivity index (χ2v) is 9.27. The maximum Gasteiger partial charge on any atom is 0.258 e. The number of carbonyl (C=O) groups is 1. The zero-order valence-electron chi connectivity index (χ0n) is 15.4. The Bertz CT molecular complexity index is 931. The summed E-state index contributed by atoms with van der Waals surface area (Å²) in [6.07, 6.45) is 1.84. The molecule has 0 spiro atoms. The largest absolute Gasteiger partial charge is 0.311 e. The van der Waals surface area contributed by atoms with Gasteiger partial charge in [0.15, 0.2) is 0 Å². The van der Waals surface area contributed by atoms with Gasteiger partial charge in [0.1, 0.15) is 4.90 Å². The van der Waals surface area contributed by atoms with Gasteiger partial charge in [0.2, 0.25) is 10.0 Å². The molecule has 7 heteroatoms. The van der Waals surface area contributed by atoms with E-state index in [0.29, 0.717) is 19.0 Å². The van der Waals surface area contributed by atoms with E-state index in [1.54, 1.807) is 13.1 Å². The first-order valence-electron chi connectivity index (χ1n) is 8.93. The molecule has 0 N–H and O–H groups in total. The fourth-order valence-corrected chi connectivity index (χ4v) is 5.40. The molecule has 0 aromatic heterocycles. The van der Waals surface area contributed by atoms with Gasteiger partial charge in [-0.2, -0.15) is 4.31 Å². The van der Waals surface area contributed by atoms with Gasteiger partial charge in [-0.05, 0) is 49.1 Å². The second kappa shape index (κ2) is 8.00. The minimum Gasteiger partial charge on any atom is -0.311 e. The van der Waals surface area contributed by atoms with E-state index in [1.807, 2.05) is 37.3 Å². The van der Waals surface area contributed by atoms with Crippen molar-refractivity contribution in [2.75, 3.05) is 25.0 Å². The summed E-state index contributed by atoms with van der Waals surface area (Å²) in [5.74, 6) is 0.0163. The Morgan fingerprint density at radius 1 is 1.19 bits per heavy atom. The highest BCUT2D eigenvalue weighted by Crippen LogP contribution is 2.29. The van der Waals surface area contributed by atoms with Gasteiger partial charge in [0.25, 0.3) is 5.91 Å². The molecule has 3 rings (SSSR count). The Morgan fingerprint density at radius 2 is 1.89 bits per heavy atom. The van der Waals surface area contributed by atoms with Crippen LogP contribution in [0.25, 0.3) is 0 Å². The molecule has 1 fully saturated rings. The summed E-state index contributed by atoms with van der Waals surface area (Å²) in [5.41, 5.74) is 1.01. The predicted octanol–water partition coefficient (Wildman–Crippen LogP) is 4.04. The molecule has 2 aromatic rings. The number of sulfonamides is 1. The molecule has 27 heavy (non-hydrogen) atoms. The van der Waals surface area contributed by atoms with Crippen molar-refractivity contribution < 1.29 is 13.2 Å². The minimum atomic E-state index is -3.74. The van der Waals surface area contributed by atoms with Gasteiger partial charge in [0.05, 0.1) is 5.02 Å². The number of piperidine rings is 1. The van der Waals surface area contributed by atoms with Crippen molar-refractivity contribution in [1.82, 2.24) is 4.31 Å².